The van der Waals surface area contributed by atoms with Gasteiger partial charge in [-0.05, 0) is 36.4 Å². The lowest BCUT2D eigenvalue weighted by Crippen LogP contribution is -2.49. The van der Waals surface area contributed by atoms with Crippen molar-refractivity contribution in [2.75, 3.05) is 57.9 Å². The van der Waals surface area contributed by atoms with E-state index in [9.17, 15) is 4.79 Å². The van der Waals surface area contributed by atoms with Crippen molar-refractivity contribution in [2.24, 2.45) is 0 Å². The number of nitrogens with one attached hydrogen (secondary N) is 1. The Morgan fingerprint density at radius 1 is 1.16 bits per heavy atom. The fraction of sp³-hybridized carbons (Fsp3) is 0.407. The molecule has 0 unspecified atom stereocenters. The molecule has 2 fully saturated rings. The molecule has 3 aromatic rings. The molecule has 1 aromatic heterocycles. The minimum absolute atomic E-state index is 0.0480. The van der Waals surface area contributed by atoms with Crippen molar-refractivity contribution in [1.82, 2.24) is 19.8 Å². The Morgan fingerprint density at radius 2 is 1.95 bits per heavy atom. The van der Waals surface area contributed by atoms with Crippen LogP contribution in [0.1, 0.15) is 5.56 Å². The van der Waals surface area contributed by atoms with E-state index in [1.165, 1.54) is 0 Å². The molecule has 2 atom stereocenters. The van der Waals surface area contributed by atoms with E-state index >= 15 is 0 Å². The molecule has 38 heavy (non-hydrogen) atoms. The number of halogens is 2. The second-order valence-electron chi connectivity index (χ2n) is 9.40. The summed E-state index contributed by atoms with van der Waals surface area (Å²) in [6.07, 6.45) is 4.98. The molecule has 1 N–H and O–H groups in total. The van der Waals surface area contributed by atoms with Crippen LogP contribution in [0.4, 0.5) is 5.69 Å². The van der Waals surface area contributed by atoms with Crippen LogP contribution < -0.4 is 15.0 Å². The number of carbonyl (C=O) groups excluding carboxylic acids is 1. The van der Waals surface area contributed by atoms with E-state index in [1.807, 2.05) is 29.0 Å². The average molecular weight is 560 g/mol. The zero-order valence-electron chi connectivity index (χ0n) is 21.2. The number of imidazole rings is 1. The van der Waals surface area contributed by atoms with Crippen LogP contribution >= 0.6 is 23.2 Å². The Morgan fingerprint density at radius 3 is 2.63 bits per heavy atom. The summed E-state index contributed by atoms with van der Waals surface area (Å²) in [5, 5.41) is 3.70. The average Bonchev–Trinajstić information content (AvgIpc) is 3.59. The van der Waals surface area contributed by atoms with E-state index in [0.717, 1.165) is 37.6 Å². The maximum Gasteiger partial charge on any atom is 0.233 e. The number of hydrogen-bond acceptors (Lipinski definition) is 7. The first-order valence-electron chi connectivity index (χ1n) is 12.6. The van der Waals surface area contributed by atoms with Gasteiger partial charge in [0.2, 0.25) is 11.7 Å². The molecule has 11 heteroatoms. The van der Waals surface area contributed by atoms with E-state index in [2.05, 4.69) is 32.2 Å². The molecule has 1 amide bonds. The van der Waals surface area contributed by atoms with Gasteiger partial charge in [-0.25, -0.2) is 4.98 Å². The number of ether oxygens (including phenoxy) is 3. The molecule has 9 nitrogen and oxygen atoms in total. The fourth-order valence-electron chi connectivity index (χ4n) is 4.76. The van der Waals surface area contributed by atoms with Crippen LogP contribution in [0.2, 0.25) is 10.0 Å². The number of aromatic nitrogens is 2. The molecule has 3 heterocycles. The standard InChI is InChI=1S/C27H31Cl2N5O4/c1-30-26(35)15-32-10-12-34(13-11-32)21-3-5-22(6-4-21)36-16-23-17-37-27(38-23,18-33-9-8-31-19-33)24-7-2-20(28)14-25(24)29/h2-9,14,19,23H,10-13,15-18H2,1H3,(H,30,35)/t23-,27-/m1/s1. The lowest BCUT2D eigenvalue weighted by atomic mass is 10.1. The number of piperazine rings is 1. The molecule has 5 rings (SSSR count). The zero-order valence-corrected chi connectivity index (χ0v) is 22.7. The van der Waals surface area contributed by atoms with Crippen molar-refractivity contribution >= 4 is 34.8 Å². The summed E-state index contributed by atoms with van der Waals surface area (Å²) >= 11 is 12.7. The van der Waals surface area contributed by atoms with Crippen molar-refractivity contribution in [3.8, 4) is 5.75 Å². The van der Waals surface area contributed by atoms with E-state index in [0.29, 0.717) is 41.9 Å². The summed E-state index contributed by atoms with van der Waals surface area (Å²) < 4.78 is 20.7. The van der Waals surface area contributed by atoms with Gasteiger partial charge in [0.25, 0.3) is 0 Å². The predicted molar refractivity (Wildman–Crippen MR) is 146 cm³/mol. The van der Waals surface area contributed by atoms with Crippen molar-refractivity contribution in [1.29, 1.82) is 0 Å². The number of nitrogens with zero attached hydrogens (tertiary/aromatic N) is 4. The Hall–Kier alpha value is -2.82. The lowest BCUT2D eigenvalue weighted by Gasteiger charge is -2.35. The van der Waals surface area contributed by atoms with Crippen LogP contribution in [-0.4, -0.2) is 79.4 Å². The Kier molecular flexibility index (Phi) is 8.40. The third kappa shape index (κ3) is 6.24. The smallest absolute Gasteiger partial charge is 0.233 e. The first-order chi connectivity index (χ1) is 18.4. The summed E-state index contributed by atoms with van der Waals surface area (Å²) in [5.41, 5.74) is 1.84. The van der Waals surface area contributed by atoms with Gasteiger partial charge in [0.1, 0.15) is 18.5 Å². The number of amides is 1. The van der Waals surface area contributed by atoms with Crippen molar-refractivity contribution in [3.63, 3.8) is 0 Å². The number of anilines is 1. The maximum absolute atomic E-state index is 11.6. The SMILES string of the molecule is CNC(=O)CN1CCN(c2ccc(OC[C@@H]3CO[C@@](Cn4ccnc4)(c4ccc(Cl)cc4Cl)O3)cc2)CC1. The lowest BCUT2D eigenvalue weighted by molar-refractivity contribution is -0.189. The minimum Gasteiger partial charge on any atom is -0.491 e. The van der Waals surface area contributed by atoms with Gasteiger partial charge in [-0.15, -0.1) is 0 Å². The minimum atomic E-state index is -1.08. The van der Waals surface area contributed by atoms with Crippen molar-refractivity contribution in [3.05, 3.63) is 76.8 Å². The maximum atomic E-state index is 11.6. The van der Waals surface area contributed by atoms with Crippen LogP contribution in [0.25, 0.3) is 0 Å². The van der Waals surface area contributed by atoms with Gasteiger partial charge in [0, 0.05) is 61.9 Å². The number of hydrogen-bond donors (Lipinski definition) is 1. The molecule has 2 aromatic carbocycles. The first-order valence-corrected chi connectivity index (χ1v) is 13.3. The van der Waals surface area contributed by atoms with E-state index in [-0.39, 0.29) is 12.0 Å². The van der Waals surface area contributed by atoms with Gasteiger partial charge >= 0.3 is 0 Å². The van der Waals surface area contributed by atoms with Gasteiger partial charge in [-0.3, -0.25) is 9.69 Å². The van der Waals surface area contributed by atoms with Crippen molar-refractivity contribution in [2.45, 2.75) is 18.4 Å². The van der Waals surface area contributed by atoms with Crippen LogP contribution in [-0.2, 0) is 26.6 Å². The van der Waals surface area contributed by atoms with Gasteiger partial charge in [0.05, 0.1) is 31.0 Å². The molecule has 0 bridgehead atoms. The van der Waals surface area contributed by atoms with E-state index in [4.69, 9.17) is 37.4 Å². The van der Waals surface area contributed by atoms with Crippen LogP contribution in [0.5, 0.6) is 5.75 Å². The Bertz CT molecular complexity index is 1220. The number of carbonyl (C=O) groups is 1. The zero-order chi connectivity index (χ0) is 26.5. The topological polar surface area (TPSA) is 81.1 Å². The molecular weight excluding hydrogens is 529 g/mol. The summed E-state index contributed by atoms with van der Waals surface area (Å²) in [6.45, 7) is 4.95. The molecule has 2 aliphatic rings. The van der Waals surface area contributed by atoms with Gasteiger partial charge in [-0.1, -0.05) is 29.3 Å². The molecule has 2 aliphatic heterocycles. The molecule has 0 aliphatic carbocycles. The first kappa shape index (κ1) is 26.8. The fourth-order valence-corrected chi connectivity index (χ4v) is 5.32. The summed E-state index contributed by atoms with van der Waals surface area (Å²) in [4.78, 5) is 20.2. The summed E-state index contributed by atoms with van der Waals surface area (Å²) in [6, 6.07) is 13.4. The highest BCUT2D eigenvalue weighted by Crippen LogP contribution is 2.40. The number of likely N-dealkylation sites (N-methyl/N-ethyl adjacent to an activating group) is 1. The van der Waals surface area contributed by atoms with Crippen LogP contribution in [0.3, 0.4) is 0 Å². The summed E-state index contributed by atoms with van der Waals surface area (Å²) in [7, 11) is 1.67. The Balaban J connectivity index is 1.18. The van der Waals surface area contributed by atoms with Gasteiger partial charge < -0.3 is 29.0 Å². The molecule has 0 radical (unpaired) electrons. The summed E-state index contributed by atoms with van der Waals surface area (Å²) in [5.74, 6) is -0.278. The molecule has 0 spiro atoms. The van der Waals surface area contributed by atoms with Crippen LogP contribution in [0.15, 0.2) is 61.2 Å². The third-order valence-corrected chi connectivity index (χ3v) is 7.35. The quantitative estimate of drug-likeness (QED) is 0.430. The second kappa shape index (κ2) is 11.9. The van der Waals surface area contributed by atoms with Gasteiger partial charge in [0.15, 0.2) is 0 Å². The Labute approximate surface area is 232 Å². The van der Waals surface area contributed by atoms with Crippen molar-refractivity contribution < 1.29 is 19.0 Å². The van der Waals surface area contributed by atoms with Crippen LogP contribution in [0, 0.1) is 0 Å². The highest BCUT2D eigenvalue weighted by molar-refractivity contribution is 6.35. The largest absolute Gasteiger partial charge is 0.491 e. The van der Waals surface area contributed by atoms with E-state index in [1.54, 1.807) is 31.7 Å². The highest BCUT2D eigenvalue weighted by Gasteiger charge is 2.45. The predicted octanol–water partition coefficient (Wildman–Crippen LogP) is 3.41. The number of benzene rings is 2. The molecule has 2 saturated heterocycles. The number of rotatable bonds is 9. The highest BCUT2D eigenvalue weighted by atomic mass is 35.5. The molecule has 202 valence electrons. The van der Waals surface area contributed by atoms with E-state index < -0.39 is 5.79 Å². The van der Waals surface area contributed by atoms with Gasteiger partial charge in [-0.2, -0.15) is 0 Å². The molecule has 0 saturated carbocycles. The third-order valence-electron chi connectivity index (χ3n) is 6.81. The second-order valence-corrected chi connectivity index (χ2v) is 10.2. The molecular formula is C27H31Cl2N5O4. The normalized spacial score (nSPS) is 22.0. The monoisotopic (exact) mass is 559 g/mol.